The van der Waals surface area contributed by atoms with E-state index in [0.29, 0.717) is 6.54 Å². The lowest BCUT2D eigenvalue weighted by Crippen LogP contribution is -2.42. The molecule has 1 aliphatic heterocycles. The van der Waals surface area contributed by atoms with Gasteiger partial charge in [0.25, 0.3) is 0 Å². The number of fused-ring (bicyclic) bond motifs is 1. The van der Waals surface area contributed by atoms with Crippen LogP contribution in [0, 0.1) is 0 Å². The molecule has 29 heavy (non-hydrogen) atoms. The third-order valence-electron chi connectivity index (χ3n) is 4.96. The van der Waals surface area contributed by atoms with Crippen molar-refractivity contribution in [1.29, 1.82) is 0 Å². The number of carbonyl (C=O) groups excluding carboxylic acids is 1. The predicted octanol–water partition coefficient (Wildman–Crippen LogP) is 4.21. The Labute approximate surface area is 170 Å². The van der Waals surface area contributed by atoms with Gasteiger partial charge in [-0.1, -0.05) is 30.3 Å². The van der Waals surface area contributed by atoms with E-state index in [1.165, 1.54) is 0 Å². The predicted molar refractivity (Wildman–Crippen MR) is 113 cm³/mol. The number of nitrogens with zero attached hydrogens (tertiary/aromatic N) is 4. The Morgan fingerprint density at radius 2 is 2.00 bits per heavy atom. The van der Waals surface area contributed by atoms with Crippen LogP contribution in [0.4, 0.5) is 10.6 Å². The first-order chi connectivity index (χ1) is 13.9. The molecule has 1 saturated heterocycles. The lowest BCUT2D eigenvalue weighted by atomic mass is 10.2. The molecule has 0 radical (unpaired) electrons. The molecule has 7 heteroatoms. The van der Waals surface area contributed by atoms with E-state index in [-0.39, 0.29) is 12.1 Å². The molecular weight excluding hydrogens is 366 g/mol. The number of nitrogens with one attached hydrogen (secondary N) is 1. The molecule has 0 bridgehead atoms. The van der Waals surface area contributed by atoms with E-state index in [9.17, 15) is 4.79 Å². The molecule has 2 aromatic heterocycles. The second kappa shape index (κ2) is 7.73. The third-order valence-corrected chi connectivity index (χ3v) is 4.96. The van der Waals surface area contributed by atoms with Crippen LogP contribution in [0.1, 0.15) is 33.6 Å². The van der Waals surface area contributed by atoms with Gasteiger partial charge >= 0.3 is 6.09 Å². The molecule has 1 fully saturated rings. The molecule has 0 spiro atoms. The van der Waals surface area contributed by atoms with Crippen LogP contribution in [0.3, 0.4) is 0 Å². The fourth-order valence-corrected chi connectivity index (χ4v) is 3.60. The molecule has 4 rings (SSSR count). The van der Waals surface area contributed by atoms with Crippen molar-refractivity contribution in [3.63, 3.8) is 0 Å². The molecule has 1 aromatic carbocycles. The summed E-state index contributed by atoms with van der Waals surface area (Å²) in [5.41, 5.74) is 2.32. The molecule has 0 saturated carbocycles. The summed E-state index contributed by atoms with van der Waals surface area (Å²) in [6.07, 6.45) is 3.53. The zero-order chi connectivity index (χ0) is 20.4. The summed E-state index contributed by atoms with van der Waals surface area (Å²) >= 11 is 0. The first-order valence-corrected chi connectivity index (χ1v) is 10.0. The van der Waals surface area contributed by atoms with Crippen LogP contribution in [-0.2, 0) is 4.74 Å². The van der Waals surface area contributed by atoms with E-state index >= 15 is 0 Å². The van der Waals surface area contributed by atoms with E-state index < -0.39 is 5.60 Å². The second-order valence-electron chi connectivity index (χ2n) is 8.35. The zero-order valence-electron chi connectivity index (χ0n) is 17.1. The minimum absolute atomic E-state index is 0.0960. The lowest BCUT2D eigenvalue weighted by Gasteiger charge is -2.28. The van der Waals surface area contributed by atoms with E-state index in [1.807, 2.05) is 78.8 Å². The Morgan fingerprint density at radius 3 is 2.76 bits per heavy atom. The van der Waals surface area contributed by atoms with Gasteiger partial charge in [-0.05, 0) is 45.7 Å². The average Bonchev–Trinajstić information content (AvgIpc) is 3.32. The number of hydrogen-bond acceptors (Lipinski definition) is 5. The van der Waals surface area contributed by atoms with E-state index in [2.05, 4.69) is 10.3 Å². The maximum atomic E-state index is 12.5. The van der Waals surface area contributed by atoms with Crippen molar-refractivity contribution in [2.45, 2.75) is 45.3 Å². The molecule has 1 N–H and O–H groups in total. The summed E-state index contributed by atoms with van der Waals surface area (Å²) in [4.78, 5) is 18.7. The summed E-state index contributed by atoms with van der Waals surface area (Å²) < 4.78 is 7.39. The Kier molecular flexibility index (Phi) is 5.13. The molecule has 1 aliphatic rings. The number of hydrogen-bond donors (Lipinski definition) is 1. The fraction of sp³-hybridized carbons (Fsp3) is 0.409. The molecule has 1 amide bonds. The van der Waals surface area contributed by atoms with E-state index in [1.54, 1.807) is 0 Å². The first kappa shape index (κ1) is 19.2. The summed E-state index contributed by atoms with van der Waals surface area (Å²) in [5.74, 6) is 0.753. The molecular formula is C22H27N5O2. The van der Waals surface area contributed by atoms with Crippen LogP contribution < -0.4 is 5.32 Å². The van der Waals surface area contributed by atoms with Gasteiger partial charge in [-0.25, -0.2) is 14.3 Å². The normalized spacial score (nSPS) is 16.9. The van der Waals surface area contributed by atoms with Crippen molar-refractivity contribution in [2.24, 2.45) is 0 Å². The Balaban J connectivity index is 1.48. The Hall–Kier alpha value is -3.09. The van der Waals surface area contributed by atoms with Crippen LogP contribution in [-0.4, -0.2) is 50.3 Å². The molecule has 3 heterocycles. The SMILES string of the molecule is CC(C)(C)OC(=O)N1CCC[C@H]1CNc1ccc2ncc(-c3ccccc3)n2n1. The number of likely N-dealkylation sites (tertiary alicyclic amines) is 1. The summed E-state index contributed by atoms with van der Waals surface area (Å²) in [7, 11) is 0. The highest BCUT2D eigenvalue weighted by atomic mass is 16.6. The second-order valence-corrected chi connectivity index (χ2v) is 8.35. The minimum Gasteiger partial charge on any atom is -0.444 e. The maximum Gasteiger partial charge on any atom is 0.410 e. The number of imidazole rings is 1. The van der Waals surface area contributed by atoms with Crippen LogP contribution in [0.5, 0.6) is 0 Å². The van der Waals surface area contributed by atoms with Gasteiger partial charge in [0, 0.05) is 18.7 Å². The van der Waals surface area contributed by atoms with Crippen LogP contribution in [0.2, 0.25) is 0 Å². The van der Waals surface area contributed by atoms with Crippen molar-refractivity contribution in [2.75, 3.05) is 18.4 Å². The molecule has 0 unspecified atom stereocenters. The van der Waals surface area contributed by atoms with Gasteiger partial charge in [0.2, 0.25) is 0 Å². The molecule has 1 atom stereocenters. The summed E-state index contributed by atoms with van der Waals surface area (Å²) in [5, 5.41) is 8.10. The quantitative estimate of drug-likeness (QED) is 0.719. The summed E-state index contributed by atoms with van der Waals surface area (Å²) in [6, 6.07) is 14.0. The standard InChI is InChI=1S/C22H27N5O2/c1-22(2,3)29-21(28)26-13-7-10-17(26)14-23-19-11-12-20-24-15-18(27(20)25-19)16-8-5-4-6-9-16/h4-6,8-9,11-12,15,17H,7,10,13-14H2,1-3H3,(H,23,25)/t17-/m0/s1. The Morgan fingerprint density at radius 1 is 1.21 bits per heavy atom. The van der Waals surface area contributed by atoms with Gasteiger partial charge in [0.15, 0.2) is 5.65 Å². The van der Waals surface area contributed by atoms with E-state index in [4.69, 9.17) is 9.84 Å². The largest absolute Gasteiger partial charge is 0.444 e. The Bertz CT molecular complexity index is 993. The van der Waals surface area contributed by atoms with Crippen molar-refractivity contribution >= 4 is 17.6 Å². The lowest BCUT2D eigenvalue weighted by molar-refractivity contribution is 0.0235. The molecule has 3 aromatic rings. The number of amides is 1. The average molecular weight is 393 g/mol. The third kappa shape index (κ3) is 4.34. The number of carbonyl (C=O) groups is 1. The fourth-order valence-electron chi connectivity index (χ4n) is 3.60. The summed E-state index contributed by atoms with van der Waals surface area (Å²) in [6.45, 7) is 7.04. The van der Waals surface area contributed by atoms with Gasteiger partial charge in [0.1, 0.15) is 11.4 Å². The number of rotatable bonds is 4. The van der Waals surface area contributed by atoms with Gasteiger partial charge in [-0.2, -0.15) is 0 Å². The number of ether oxygens (including phenoxy) is 1. The highest BCUT2D eigenvalue weighted by molar-refractivity contribution is 5.69. The minimum atomic E-state index is -0.487. The van der Waals surface area contributed by atoms with Crippen LogP contribution >= 0.6 is 0 Å². The van der Waals surface area contributed by atoms with Gasteiger partial charge < -0.3 is 15.0 Å². The highest BCUT2D eigenvalue weighted by Crippen LogP contribution is 2.23. The number of benzene rings is 1. The van der Waals surface area contributed by atoms with Crippen LogP contribution in [0.15, 0.2) is 48.7 Å². The zero-order valence-corrected chi connectivity index (χ0v) is 17.1. The first-order valence-electron chi connectivity index (χ1n) is 10.0. The van der Waals surface area contributed by atoms with Gasteiger partial charge in [-0.3, -0.25) is 0 Å². The molecule has 152 valence electrons. The van der Waals surface area contributed by atoms with Crippen LogP contribution in [0.25, 0.3) is 16.9 Å². The van der Waals surface area contributed by atoms with Crippen molar-refractivity contribution in [3.05, 3.63) is 48.7 Å². The molecule has 7 nitrogen and oxygen atoms in total. The number of aromatic nitrogens is 3. The monoisotopic (exact) mass is 393 g/mol. The number of anilines is 1. The highest BCUT2D eigenvalue weighted by Gasteiger charge is 2.32. The van der Waals surface area contributed by atoms with Gasteiger partial charge in [-0.15, -0.1) is 5.10 Å². The van der Waals surface area contributed by atoms with Crippen molar-refractivity contribution in [3.8, 4) is 11.3 Å². The molecule has 0 aliphatic carbocycles. The van der Waals surface area contributed by atoms with E-state index in [0.717, 1.165) is 42.1 Å². The smallest absolute Gasteiger partial charge is 0.410 e. The maximum absolute atomic E-state index is 12.5. The van der Waals surface area contributed by atoms with Gasteiger partial charge in [0.05, 0.1) is 17.9 Å². The van der Waals surface area contributed by atoms with Crippen molar-refractivity contribution < 1.29 is 9.53 Å². The topological polar surface area (TPSA) is 71.8 Å². The van der Waals surface area contributed by atoms with Crippen molar-refractivity contribution in [1.82, 2.24) is 19.5 Å².